The molecule has 0 amide bonds. The van der Waals surface area contributed by atoms with E-state index in [4.69, 9.17) is 15.1 Å². The van der Waals surface area contributed by atoms with Crippen LogP contribution in [0.1, 0.15) is 19.8 Å². The van der Waals surface area contributed by atoms with Crippen LogP contribution in [0.25, 0.3) is 0 Å². The number of nitrogens with zero attached hydrogens (tertiary/aromatic N) is 1. The van der Waals surface area contributed by atoms with Gasteiger partial charge in [-0.25, -0.2) is 0 Å². The molecule has 0 fully saturated rings. The van der Waals surface area contributed by atoms with Crippen molar-refractivity contribution in [3.63, 3.8) is 0 Å². The third-order valence-corrected chi connectivity index (χ3v) is 1.59. The van der Waals surface area contributed by atoms with Gasteiger partial charge in [-0.1, -0.05) is 0 Å². The smallest absolute Gasteiger partial charge is 0.0697 e. The molecule has 0 spiro atoms. The highest BCUT2D eigenvalue weighted by Crippen LogP contribution is 1.88. The van der Waals surface area contributed by atoms with Crippen molar-refractivity contribution >= 4 is 0 Å². The standard InChI is InChI=1S/C9H18N2O2/c1-9(3-4-10)11-5-2-7-13-8-6-12/h9,11-12H,2-3,5-8H2,1H3. The van der Waals surface area contributed by atoms with Gasteiger partial charge in [0.1, 0.15) is 0 Å². The normalized spacial score (nSPS) is 12.4. The third kappa shape index (κ3) is 9.28. The Morgan fingerprint density at radius 1 is 1.54 bits per heavy atom. The zero-order chi connectivity index (χ0) is 9.94. The Morgan fingerprint density at radius 3 is 2.92 bits per heavy atom. The van der Waals surface area contributed by atoms with Crippen molar-refractivity contribution in [1.82, 2.24) is 5.32 Å². The van der Waals surface area contributed by atoms with Crippen molar-refractivity contribution in [2.24, 2.45) is 0 Å². The van der Waals surface area contributed by atoms with Crippen LogP contribution in [-0.2, 0) is 4.74 Å². The monoisotopic (exact) mass is 186 g/mol. The maximum Gasteiger partial charge on any atom is 0.0697 e. The lowest BCUT2D eigenvalue weighted by Gasteiger charge is -2.09. The van der Waals surface area contributed by atoms with Crippen molar-refractivity contribution in [3.05, 3.63) is 0 Å². The van der Waals surface area contributed by atoms with Gasteiger partial charge in [0.15, 0.2) is 0 Å². The first-order chi connectivity index (χ1) is 6.31. The summed E-state index contributed by atoms with van der Waals surface area (Å²) in [7, 11) is 0. The largest absolute Gasteiger partial charge is 0.394 e. The molecule has 1 atom stereocenters. The van der Waals surface area contributed by atoms with E-state index in [1.54, 1.807) is 0 Å². The zero-order valence-corrected chi connectivity index (χ0v) is 8.12. The average Bonchev–Trinajstić information content (AvgIpc) is 2.11. The molecule has 0 radical (unpaired) electrons. The maximum atomic E-state index is 8.40. The van der Waals surface area contributed by atoms with E-state index < -0.39 is 0 Å². The summed E-state index contributed by atoms with van der Waals surface area (Å²) >= 11 is 0. The summed E-state index contributed by atoms with van der Waals surface area (Å²) in [5, 5.41) is 20.0. The van der Waals surface area contributed by atoms with Gasteiger partial charge in [-0.2, -0.15) is 5.26 Å². The number of hydrogen-bond donors (Lipinski definition) is 2. The minimum Gasteiger partial charge on any atom is -0.394 e. The molecule has 76 valence electrons. The SMILES string of the molecule is CC(CC#N)NCCCOCCO. The van der Waals surface area contributed by atoms with Gasteiger partial charge in [0.05, 0.1) is 25.7 Å². The van der Waals surface area contributed by atoms with Gasteiger partial charge in [0, 0.05) is 12.6 Å². The minimum atomic E-state index is 0.0816. The molecule has 0 aromatic carbocycles. The third-order valence-electron chi connectivity index (χ3n) is 1.59. The average molecular weight is 186 g/mol. The minimum absolute atomic E-state index is 0.0816. The molecule has 0 aliphatic rings. The number of nitrogens with one attached hydrogen (secondary N) is 1. The molecule has 0 heterocycles. The Hall–Kier alpha value is -0.630. The molecule has 4 heteroatoms. The lowest BCUT2D eigenvalue weighted by atomic mass is 10.2. The van der Waals surface area contributed by atoms with Crippen LogP contribution in [0.2, 0.25) is 0 Å². The molecule has 0 rings (SSSR count). The number of nitriles is 1. The second kappa shape index (κ2) is 9.46. The predicted molar refractivity (Wildman–Crippen MR) is 50.2 cm³/mol. The zero-order valence-electron chi connectivity index (χ0n) is 8.12. The lowest BCUT2D eigenvalue weighted by molar-refractivity contribution is 0.0905. The summed E-state index contributed by atoms with van der Waals surface area (Å²) in [5.41, 5.74) is 0. The van der Waals surface area contributed by atoms with Crippen LogP contribution < -0.4 is 5.32 Å². The van der Waals surface area contributed by atoms with Crippen molar-refractivity contribution in [3.8, 4) is 6.07 Å². The number of ether oxygens (including phenoxy) is 1. The molecular weight excluding hydrogens is 168 g/mol. The van der Waals surface area contributed by atoms with Crippen LogP contribution in [0.4, 0.5) is 0 Å². The van der Waals surface area contributed by atoms with Gasteiger partial charge < -0.3 is 15.2 Å². The van der Waals surface area contributed by atoms with Gasteiger partial charge in [-0.05, 0) is 19.9 Å². The van der Waals surface area contributed by atoms with Crippen molar-refractivity contribution in [1.29, 1.82) is 5.26 Å². The van der Waals surface area contributed by atoms with Crippen LogP contribution in [0, 0.1) is 11.3 Å². The quantitative estimate of drug-likeness (QED) is 0.534. The van der Waals surface area contributed by atoms with Crippen molar-refractivity contribution in [2.75, 3.05) is 26.4 Å². The molecule has 0 saturated heterocycles. The second-order valence-electron chi connectivity index (χ2n) is 2.91. The van der Waals surface area contributed by atoms with Gasteiger partial charge in [0.25, 0.3) is 0 Å². The van der Waals surface area contributed by atoms with Gasteiger partial charge in [0.2, 0.25) is 0 Å². The number of aliphatic hydroxyl groups excluding tert-OH is 1. The topological polar surface area (TPSA) is 65.3 Å². The molecule has 0 saturated carbocycles. The van der Waals surface area contributed by atoms with E-state index in [0.717, 1.165) is 13.0 Å². The lowest BCUT2D eigenvalue weighted by Crippen LogP contribution is -2.27. The highest BCUT2D eigenvalue weighted by Gasteiger charge is 1.98. The highest BCUT2D eigenvalue weighted by molar-refractivity contribution is 4.76. The Labute approximate surface area is 79.5 Å². The van der Waals surface area contributed by atoms with E-state index in [0.29, 0.717) is 19.6 Å². The van der Waals surface area contributed by atoms with Gasteiger partial charge >= 0.3 is 0 Å². The van der Waals surface area contributed by atoms with Crippen LogP contribution in [0.15, 0.2) is 0 Å². The van der Waals surface area contributed by atoms with E-state index in [1.165, 1.54) is 0 Å². The molecule has 0 aromatic heterocycles. The van der Waals surface area contributed by atoms with Crippen LogP contribution in [-0.4, -0.2) is 37.5 Å². The Kier molecular flexibility index (Phi) is 9.00. The first-order valence-corrected chi connectivity index (χ1v) is 4.60. The summed E-state index contributed by atoms with van der Waals surface area (Å²) in [4.78, 5) is 0. The summed E-state index contributed by atoms with van der Waals surface area (Å²) < 4.78 is 5.07. The summed E-state index contributed by atoms with van der Waals surface area (Å²) in [6.07, 6.45) is 1.45. The Balaban J connectivity index is 3.03. The molecule has 4 nitrogen and oxygen atoms in total. The number of rotatable bonds is 8. The van der Waals surface area contributed by atoms with Gasteiger partial charge in [-0.15, -0.1) is 0 Å². The first-order valence-electron chi connectivity index (χ1n) is 4.60. The molecule has 0 aromatic rings. The van der Waals surface area contributed by atoms with E-state index in [2.05, 4.69) is 11.4 Å². The fourth-order valence-corrected chi connectivity index (χ4v) is 0.898. The highest BCUT2D eigenvalue weighted by atomic mass is 16.5. The fraction of sp³-hybridized carbons (Fsp3) is 0.889. The molecular formula is C9H18N2O2. The molecule has 0 aliphatic carbocycles. The van der Waals surface area contributed by atoms with Crippen molar-refractivity contribution < 1.29 is 9.84 Å². The number of hydrogen-bond acceptors (Lipinski definition) is 4. The molecule has 0 aliphatic heterocycles. The molecule has 1 unspecified atom stereocenters. The molecule has 13 heavy (non-hydrogen) atoms. The van der Waals surface area contributed by atoms with Crippen LogP contribution >= 0.6 is 0 Å². The van der Waals surface area contributed by atoms with E-state index in [9.17, 15) is 0 Å². The van der Waals surface area contributed by atoms with Crippen LogP contribution in [0.3, 0.4) is 0 Å². The summed E-state index contributed by atoms with van der Waals surface area (Å²) in [6.45, 7) is 3.99. The predicted octanol–water partition coefficient (Wildman–Crippen LogP) is 0.277. The fourth-order valence-electron chi connectivity index (χ4n) is 0.898. The summed E-state index contributed by atoms with van der Waals surface area (Å²) in [6, 6.07) is 2.35. The van der Waals surface area contributed by atoms with Gasteiger partial charge in [-0.3, -0.25) is 0 Å². The Bertz CT molecular complexity index is 145. The molecule has 2 N–H and O–H groups in total. The maximum absolute atomic E-state index is 8.40. The van der Waals surface area contributed by atoms with E-state index in [1.807, 2.05) is 6.92 Å². The first kappa shape index (κ1) is 12.4. The summed E-state index contributed by atoms with van der Waals surface area (Å²) in [5.74, 6) is 0. The number of aliphatic hydroxyl groups is 1. The second-order valence-corrected chi connectivity index (χ2v) is 2.91. The Morgan fingerprint density at radius 2 is 2.31 bits per heavy atom. The van der Waals surface area contributed by atoms with E-state index in [-0.39, 0.29) is 12.6 Å². The van der Waals surface area contributed by atoms with E-state index >= 15 is 0 Å². The molecule has 0 bridgehead atoms. The van der Waals surface area contributed by atoms with Crippen molar-refractivity contribution in [2.45, 2.75) is 25.8 Å². The van der Waals surface area contributed by atoms with Crippen LogP contribution in [0.5, 0.6) is 0 Å².